The standard InChI is InChI=1S/C6H12FNO/c1-5-6(4-7)8-2-3-9-5/h5-6,8H,2-4H2,1H3/t5-,6-/m0/s1. The highest BCUT2D eigenvalue weighted by Gasteiger charge is 2.20. The van der Waals surface area contributed by atoms with E-state index in [1.165, 1.54) is 0 Å². The van der Waals surface area contributed by atoms with Gasteiger partial charge in [0.05, 0.1) is 18.8 Å². The van der Waals surface area contributed by atoms with Gasteiger partial charge in [0.15, 0.2) is 0 Å². The van der Waals surface area contributed by atoms with E-state index in [4.69, 9.17) is 4.74 Å². The van der Waals surface area contributed by atoms with Gasteiger partial charge in [0.2, 0.25) is 0 Å². The van der Waals surface area contributed by atoms with Gasteiger partial charge in [-0.1, -0.05) is 0 Å². The lowest BCUT2D eigenvalue weighted by Crippen LogP contribution is -2.48. The molecule has 2 atom stereocenters. The second-order valence-corrected chi connectivity index (χ2v) is 2.29. The van der Waals surface area contributed by atoms with Crippen LogP contribution in [0.25, 0.3) is 0 Å². The molecule has 2 nitrogen and oxygen atoms in total. The van der Waals surface area contributed by atoms with Crippen LogP contribution in [0.1, 0.15) is 6.92 Å². The van der Waals surface area contributed by atoms with Crippen LogP contribution in [0.15, 0.2) is 0 Å². The molecule has 0 aromatic heterocycles. The Hall–Kier alpha value is -0.150. The normalized spacial score (nSPS) is 36.7. The van der Waals surface area contributed by atoms with Gasteiger partial charge in [-0.25, -0.2) is 4.39 Å². The van der Waals surface area contributed by atoms with Crippen molar-refractivity contribution >= 4 is 0 Å². The third kappa shape index (κ3) is 1.63. The molecule has 1 rings (SSSR count). The van der Waals surface area contributed by atoms with Crippen molar-refractivity contribution in [1.29, 1.82) is 0 Å². The molecule has 3 heteroatoms. The fourth-order valence-electron chi connectivity index (χ4n) is 0.951. The topological polar surface area (TPSA) is 21.3 Å². The third-order valence-electron chi connectivity index (χ3n) is 1.62. The first kappa shape index (κ1) is 6.96. The largest absolute Gasteiger partial charge is 0.375 e. The number of ether oxygens (including phenoxy) is 1. The van der Waals surface area contributed by atoms with Crippen molar-refractivity contribution in [2.75, 3.05) is 19.8 Å². The first-order chi connectivity index (χ1) is 4.34. The summed E-state index contributed by atoms with van der Waals surface area (Å²) in [5.41, 5.74) is 0. The number of hydrogen-bond acceptors (Lipinski definition) is 2. The molecule has 0 saturated carbocycles. The maximum Gasteiger partial charge on any atom is 0.107 e. The van der Waals surface area contributed by atoms with E-state index in [-0.39, 0.29) is 18.8 Å². The Kier molecular flexibility index (Phi) is 2.42. The zero-order valence-electron chi connectivity index (χ0n) is 5.56. The predicted molar refractivity (Wildman–Crippen MR) is 33.2 cm³/mol. The Labute approximate surface area is 54.4 Å². The van der Waals surface area contributed by atoms with Crippen molar-refractivity contribution in [2.45, 2.75) is 19.1 Å². The predicted octanol–water partition coefficient (Wildman–Crippen LogP) is 0.333. The van der Waals surface area contributed by atoms with Gasteiger partial charge in [-0.3, -0.25) is 0 Å². The lowest BCUT2D eigenvalue weighted by Gasteiger charge is -2.27. The highest BCUT2D eigenvalue weighted by atomic mass is 19.1. The van der Waals surface area contributed by atoms with Gasteiger partial charge in [0, 0.05) is 6.54 Å². The Balaban J connectivity index is 2.30. The second kappa shape index (κ2) is 3.13. The molecule has 0 aliphatic carbocycles. The molecule has 0 unspecified atom stereocenters. The molecule has 9 heavy (non-hydrogen) atoms. The number of alkyl halides is 1. The summed E-state index contributed by atoms with van der Waals surface area (Å²) in [7, 11) is 0. The molecule has 0 bridgehead atoms. The minimum Gasteiger partial charge on any atom is -0.375 e. The van der Waals surface area contributed by atoms with Crippen molar-refractivity contribution in [1.82, 2.24) is 5.32 Å². The van der Waals surface area contributed by atoms with Crippen LogP contribution in [0.5, 0.6) is 0 Å². The highest BCUT2D eigenvalue weighted by Crippen LogP contribution is 2.03. The van der Waals surface area contributed by atoms with E-state index in [0.717, 1.165) is 6.54 Å². The van der Waals surface area contributed by atoms with E-state index in [0.29, 0.717) is 6.61 Å². The van der Waals surface area contributed by atoms with Gasteiger partial charge in [0.1, 0.15) is 6.67 Å². The van der Waals surface area contributed by atoms with Gasteiger partial charge in [-0.05, 0) is 6.92 Å². The van der Waals surface area contributed by atoms with E-state index in [1.54, 1.807) is 0 Å². The summed E-state index contributed by atoms with van der Waals surface area (Å²) < 4.78 is 17.2. The monoisotopic (exact) mass is 133 g/mol. The van der Waals surface area contributed by atoms with Crippen LogP contribution in [0.3, 0.4) is 0 Å². The second-order valence-electron chi connectivity index (χ2n) is 2.29. The highest BCUT2D eigenvalue weighted by molar-refractivity contribution is 4.76. The van der Waals surface area contributed by atoms with E-state index < -0.39 is 0 Å². The van der Waals surface area contributed by atoms with Crippen LogP contribution < -0.4 is 5.32 Å². The average molecular weight is 133 g/mol. The van der Waals surface area contributed by atoms with Gasteiger partial charge in [-0.2, -0.15) is 0 Å². The van der Waals surface area contributed by atoms with E-state index in [9.17, 15) is 4.39 Å². The zero-order chi connectivity index (χ0) is 6.69. The molecule has 1 aliphatic heterocycles. The summed E-state index contributed by atoms with van der Waals surface area (Å²) in [6.45, 7) is 3.04. The maximum atomic E-state index is 12.0. The molecule has 1 heterocycles. The molecular formula is C6H12FNO. The summed E-state index contributed by atoms with van der Waals surface area (Å²) in [5.74, 6) is 0. The lowest BCUT2D eigenvalue weighted by atomic mass is 10.2. The minimum absolute atomic E-state index is 0.0312. The van der Waals surface area contributed by atoms with Crippen molar-refractivity contribution in [2.24, 2.45) is 0 Å². The average Bonchev–Trinajstić information content (AvgIpc) is 1.89. The summed E-state index contributed by atoms with van der Waals surface area (Å²) in [4.78, 5) is 0. The van der Waals surface area contributed by atoms with Crippen molar-refractivity contribution in [3.63, 3.8) is 0 Å². The zero-order valence-corrected chi connectivity index (χ0v) is 5.56. The number of morpholine rings is 1. The number of nitrogens with one attached hydrogen (secondary N) is 1. The van der Waals surface area contributed by atoms with Gasteiger partial charge < -0.3 is 10.1 Å². The van der Waals surface area contributed by atoms with Gasteiger partial charge in [0.25, 0.3) is 0 Å². The van der Waals surface area contributed by atoms with Crippen LogP contribution in [0.2, 0.25) is 0 Å². The number of hydrogen-bond donors (Lipinski definition) is 1. The number of halogens is 1. The summed E-state index contributed by atoms with van der Waals surface area (Å²) in [5, 5.41) is 3.02. The first-order valence-electron chi connectivity index (χ1n) is 3.25. The fourth-order valence-corrected chi connectivity index (χ4v) is 0.951. The van der Waals surface area contributed by atoms with Crippen LogP contribution >= 0.6 is 0 Å². The van der Waals surface area contributed by atoms with Crippen LogP contribution in [-0.2, 0) is 4.74 Å². The molecule has 54 valence electrons. The smallest absolute Gasteiger partial charge is 0.107 e. The maximum absolute atomic E-state index is 12.0. The molecule has 0 aromatic carbocycles. The third-order valence-corrected chi connectivity index (χ3v) is 1.62. The van der Waals surface area contributed by atoms with Crippen molar-refractivity contribution in [3.8, 4) is 0 Å². The van der Waals surface area contributed by atoms with E-state index >= 15 is 0 Å². The molecule has 1 fully saturated rings. The Morgan fingerprint density at radius 3 is 3.00 bits per heavy atom. The molecular weight excluding hydrogens is 121 g/mol. The number of rotatable bonds is 1. The van der Waals surface area contributed by atoms with Crippen molar-refractivity contribution < 1.29 is 9.13 Å². The quantitative estimate of drug-likeness (QED) is 0.556. The summed E-state index contributed by atoms with van der Waals surface area (Å²) in [6, 6.07) is -0.0845. The minimum atomic E-state index is -0.332. The molecule has 1 N–H and O–H groups in total. The lowest BCUT2D eigenvalue weighted by molar-refractivity contribution is 0.00170. The Morgan fingerprint density at radius 1 is 1.78 bits per heavy atom. The Bertz CT molecular complexity index is 89.1. The SMILES string of the molecule is C[C@@H]1OCCN[C@H]1CF. The summed E-state index contributed by atoms with van der Waals surface area (Å²) >= 11 is 0. The van der Waals surface area contributed by atoms with Crippen molar-refractivity contribution in [3.05, 3.63) is 0 Å². The molecule has 0 spiro atoms. The summed E-state index contributed by atoms with van der Waals surface area (Å²) in [6.07, 6.45) is 0.0312. The van der Waals surface area contributed by atoms with E-state index in [1.807, 2.05) is 6.92 Å². The fraction of sp³-hybridized carbons (Fsp3) is 1.00. The van der Waals surface area contributed by atoms with Crippen LogP contribution in [0.4, 0.5) is 4.39 Å². The molecule has 1 aliphatic rings. The molecule has 0 aromatic rings. The van der Waals surface area contributed by atoms with Gasteiger partial charge >= 0.3 is 0 Å². The first-order valence-corrected chi connectivity index (χ1v) is 3.25. The van der Waals surface area contributed by atoms with Crippen LogP contribution in [-0.4, -0.2) is 32.0 Å². The Morgan fingerprint density at radius 2 is 2.56 bits per heavy atom. The van der Waals surface area contributed by atoms with E-state index in [2.05, 4.69) is 5.32 Å². The van der Waals surface area contributed by atoms with Gasteiger partial charge in [-0.15, -0.1) is 0 Å². The molecule has 0 amide bonds. The van der Waals surface area contributed by atoms with Crippen LogP contribution in [0, 0.1) is 0 Å². The molecule has 1 saturated heterocycles. The molecule has 0 radical (unpaired) electrons.